The molecule has 0 aliphatic heterocycles. The van der Waals surface area contributed by atoms with Crippen LogP contribution in [0.15, 0.2) is 12.2 Å². The number of nitrogens with one attached hydrogen (secondary N) is 2. The largest absolute Gasteiger partial charge is 0.356 e. The Balaban J connectivity index is 4.15. The molecule has 0 aliphatic rings. The van der Waals surface area contributed by atoms with Crippen LogP contribution in [0.5, 0.6) is 0 Å². The van der Waals surface area contributed by atoms with E-state index in [0.29, 0.717) is 6.04 Å². The summed E-state index contributed by atoms with van der Waals surface area (Å²) in [6, 6.07) is 0.407. The lowest BCUT2D eigenvalue weighted by Gasteiger charge is -2.25. The van der Waals surface area contributed by atoms with Crippen LogP contribution < -0.4 is 10.6 Å². The van der Waals surface area contributed by atoms with Gasteiger partial charge in [-0.1, -0.05) is 19.9 Å². The molecule has 0 radical (unpaired) electrons. The van der Waals surface area contributed by atoms with E-state index in [4.69, 9.17) is 0 Å². The van der Waals surface area contributed by atoms with E-state index in [-0.39, 0.29) is 11.4 Å². The summed E-state index contributed by atoms with van der Waals surface area (Å²) in [4.78, 5) is 10.9. The molecule has 0 fully saturated rings. The minimum atomic E-state index is -0.138. The Kier molecular flexibility index (Phi) is 4.70. The third-order valence-electron chi connectivity index (χ3n) is 1.56. The van der Waals surface area contributed by atoms with Gasteiger partial charge in [-0.3, -0.25) is 4.79 Å². The third kappa shape index (κ3) is 6.34. The monoisotopic (exact) mass is 184 g/mol. The summed E-state index contributed by atoms with van der Waals surface area (Å²) in [6.45, 7) is 8.23. The standard InChI is InChI=1S/C10H20N2O/c1-8(2)12-10(3,4)7-6-9(13)11-5/h6-8,12H,1-5H3,(H,11,13)/b7-6+. The fraction of sp³-hybridized carbons (Fsp3) is 0.700. The van der Waals surface area contributed by atoms with E-state index in [0.717, 1.165) is 0 Å². The maximum absolute atomic E-state index is 10.9. The highest BCUT2D eigenvalue weighted by atomic mass is 16.1. The van der Waals surface area contributed by atoms with E-state index < -0.39 is 0 Å². The molecular weight excluding hydrogens is 164 g/mol. The summed E-state index contributed by atoms with van der Waals surface area (Å²) in [5.74, 6) is -0.0707. The van der Waals surface area contributed by atoms with E-state index in [9.17, 15) is 4.79 Å². The van der Waals surface area contributed by atoms with Gasteiger partial charge in [-0.05, 0) is 13.8 Å². The predicted octanol–water partition coefficient (Wildman–Crippen LogP) is 1.07. The van der Waals surface area contributed by atoms with E-state index >= 15 is 0 Å². The van der Waals surface area contributed by atoms with E-state index in [2.05, 4.69) is 24.5 Å². The molecule has 13 heavy (non-hydrogen) atoms. The lowest BCUT2D eigenvalue weighted by atomic mass is 10.0. The number of rotatable bonds is 4. The van der Waals surface area contributed by atoms with Crippen molar-refractivity contribution in [1.29, 1.82) is 0 Å². The molecule has 0 aromatic carbocycles. The fourth-order valence-corrected chi connectivity index (χ4v) is 1.16. The van der Waals surface area contributed by atoms with Gasteiger partial charge in [-0.15, -0.1) is 0 Å². The maximum Gasteiger partial charge on any atom is 0.243 e. The second kappa shape index (κ2) is 5.02. The molecule has 0 spiro atoms. The summed E-state index contributed by atoms with van der Waals surface area (Å²) < 4.78 is 0. The van der Waals surface area contributed by atoms with Gasteiger partial charge in [0, 0.05) is 24.7 Å². The molecule has 3 heteroatoms. The molecule has 0 atom stereocenters. The summed E-state index contributed by atoms with van der Waals surface area (Å²) in [5, 5.41) is 5.87. The van der Waals surface area contributed by atoms with Gasteiger partial charge in [-0.2, -0.15) is 0 Å². The zero-order valence-electron chi connectivity index (χ0n) is 9.14. The van der Waals surface area contributed by atoms with Gasteiger partial charge in [-0.25, -0.2) is 0 Å². The average Bonchev–Trinajstić information content (AvgIpc) is 1.98. The molecular formula is C10H20N2O. The van der Waals surface area contributed by atoms with Crippen LogP contribution in [0, 0.1) is 0 Å². The van der Waals surface area contributed by atoms with Crippen molar-refractivity contribution in [3.63, 3.8) is 0 Å². The molecule has 0 saturated carbocycles. The first-order valence-electron chi connectivity index (χ1n) is 4.56. The Hall–Kier alpha value is -0.830. The first kappa shape index (κ1) is 12.2. The third-order valence-corrected chi connectivity index (χ3v) is 1.56. The summed E-state index contributed by atoms with van der Waals surface area (Å²) in [5.41, 5.74) is -0.138. The highest BCUT2D eigenvalue weighted by Gasteiger charge is 2.14. The molecule has 0 saturated heterocycles. The lowest BCUT2D eigenvalue weighted by molar-refractivity contribution is -0.116. The van der Waals surface area contributed by atoms with Crippen LogP contribution in [-0.2, 0) is 4.79 Å². The van der Waals surface area contributed by atoms with Crippen LogP contribution in [0.1, 0.15) is 27.7 Å². The van der Waals surface area contributed by atoms with Gasteiger partial charge in [0.2, 0.25) is 5.91 Å². The minimum Gasteiger partial charge on any atom is -0.356 e. The fourth-order valence-electron chi connectivity index (χ4n) is 1.16. The first-order chi connectivity index (χ1) is 5.87. The summed E-state index contributed by atoms with van der Waals surface area (Å²) in [7, 11) is 1.62. The molecule has 76 valence electrons. The number of amides is 1. The SMILES string of the molecule is CNC(=O)/C=C/C(C)(C)NC(C)C. The Bertz CT molecular complexity index is 195. The second-order valence-corrected chi connectivity index (χ2v) is 3.97. The van der Waals surface area contributed by atoms with Gasteiger partial charge in [0.25, 0.3) is 0 Å². The molecule has 0 aliphatic carbocycles. The zero-order chi connectivity index (χ0) is 10.5. The summed E-state index contributed by atoms with van der Waals surface area (Å²) >= 11 is 0. The van der Waals surface area contributed by atoms with E-state index in [1.54, 1.807) is 13.1 Å². The Morgan fingerprint density at radius 1 is 1.38 bits per heavy atom. The van der Waals surface area contributed by atoms with Gasteiger partial charge in [0.1, 0.15) is 0 Å². The number of carbonyl (C=O) groups excluding carboxylic acids is 1. The molecule has 0 unspecified atom stereocenters. The maximum atomic E-state index is 10.9. The van der Waals surface area contributed by atoms with E-state index in [1.807, 2.05) is 19.9 Å². The summed E-state index contributed by atoms with van der Waals surface area (Å²) in [6.07, 6.45) is 3.42. The van der Waals surface area contributed by atoms with Crippen molar-refractivity contribution >= 4 is 5.91 Å². The topological polar surface area (TPSA) is 41.1 Å². The Morgan fingerprint density at radius 2 is 1.92 bits per heavy atom. The van der Waals surface area contributed by atoms with Crippen molar-refractivity contribution in [3.8, 4) is 0 Å². The first-order valence-corrected chi connectivity index (χ1v) is 4.56. The zero-order valence-corrected chi connectivity index (χ0v) is 9.14. The van der Waals surface area contributed by atoms with Crippen LogP contribution in [0.4, 0.5) is 0 Å². The highest BCUT2D eigenvalue weighted by molar-refractivity contribution is 5.87. The van der Waals surface area contributed by atoms with Gasteiger partial charge in [0.05, 0.1) is 0 Å². The minimum absolute atomic E-state index is 0.0707. The quantitative estimate of drug-likeness (QED) is 0.642. The molecule has 2 N–H and O–H groups in total. The van der Waals surface area contributed by atoms with Crippen molar-refractivity contribution in [2.24, 2.45) is 0 Å². The van der Waals surface area contributed by atoms with Crippen LogP contribution in [0.2, 0.25) is 0 Å². The van der Waals surface area contributed by atoms with Crippen molar-refractivity contribution in [2.75, 3.05) is 7.05 Å². The Morgan fingerprint density at radius 3 is 2.31 bits per heavy atom. The molecule has 0 aromatic heterocycles. The Labute approximate surface area is 80.6 Å². The van der Waals surface area contributed by atoms with Crippen LogP contribution in [0.3, 0.4) is 0 Å². The van der Waals surface area contributed by atoms with Crippen molar-refractivity contribution in [1.82, 2.24) is 10.6 Å². The predicted molar refractivity (Wildman–Crippen MR) is 55.6 cm³/mol. The van der Waals surface area contributed by atoms with Gasteiger partial charge >= 0.3 is 0 Å². The van der Waals surface area contributed by atoms with Gasteiger partial charge < -0.3 is 10.6 Å². The second-order valence-electron chi connectivity index (χ2n) is 3.97. The molecule has 3 nitrogen and oxygen atoms in total. The van der Waals surface area contributed by atoms with Crippen molar-refractivity contribution in [2.45, 2.75) is 39.3 Å². The van der Waals surface area contributed by atoms with Crippen LogP contribution in [-0.4, -0.2) is 24.5 Å². The normalized spacial score (nSPS) is 12.5. The molecule has 0 rings (SSSR count). The van der Waals surface area contributed by atoms with Crippen molar-refractivity contribution < 1.29 is 4.79 Å². The van der Waals surface area contributed by atoms with Crippen molar-refractivity contribution in [3.05, 3.63) is 12.2 Å². The van der Waals surface area contributed by atoms with Crippen LogP contribution >= 0.6 is 0 Å². The molecule has 0 aromatic rings. The number of carbonyl (C=O) groups is 1. The number of hydrogen-bond acceptors (Lipinski definition) is 2. The average molecular weight is 184 g/mol. The van der Waals surface area contributed by atoms with Crippen LogP contribution in [0.25, 0.3) is 0 Å². The highest BCUT2D eigenvalue weighted by Crippen LogP contribution is 2.05. The lowest BCUT2D eigenvalue weighted by Crippen LogP contribution is -2.42. The molecule has 0 bridgehead atoms. The molecule has 0 heterocycles. The number of hydrogen-bond donors (Lipinski definition) is 2. The van der Waals surface area contributed by atoms with E-state index in [1.165, 1.54) is 0 Å². The number of likely N-dealkylation sites (N-methyl/N-ethyl adjacent to an activating group) is 1. The molecule has 1 amide bonds. The smallest absolute Gasteiger partial charge is 0.243 e. The van der Waals surface area contributed by atoms with Gasteiger partial charge in [0.15, 0.2) is 0 Å².